The van der Waals surface area contributed by atoms with Gasteiger partial charge in [-0.15, -0.1) is 0 Å². The number of carbonyl (C=O) groups excluding carboxylic acids is 1. The maximum Gasteiger partial charge on any atom is 0.220 e. The van der Waals surface area contributed by atoms with Crippen molar-refractivity contribution in [2.75, 3.05) is 6.61 Å². The zero-order chi connectivity index (χ0) is 26.5. The van der Waals surface area contributed by atoms with Gasteiger partial charge in [0, 0.05) is 6.42 Å². The highest BCUT2D eigenvalue weighted by Gasteiger charge is 2.17. The molecule has 0 saturated carbocycles. The molecule has 36 heavy (non-hydrogen) atoms. The molecule has 4 nitrogen and oxygen atoms in total. The Morgan fingerprint density at radius 3 is 1.61 bits per heavy atom. The van der Waals surface area contributed by atoms with E-state index in [0.29, 0.717) is 6.42 Å². The minimum atomic E-state index is -0.863. The van der Waals surface area contributed by atoms with Gasteiger partial charge < -0.3 is 15.5 Å². The Labute approximate surface area is 223 Å². The number of hydrogen-bond acceptors (Lipinski definition) is 3. The van der Waals surface area contributed by atoms with Crippen LogP contribution in [0.5, 0.6) is 0 Å². The van der Waals surface area contributed by atoms with Crippen LogP contribution in [-0.4, -0.2) is 34.9 Å². The second kappa shape index (κ2) is 28.2. The highest BCUT2D eigenvalue weighted by atomic mass is 16.3. The van der Waals surface area contributed by atoms with E-state index in [2.05, 4.69) is 43.5 Å². The molecule has 0 radical (unpaired) electrons. The standard InChI is InChI=1S/C32H59NO3/c1-3-5-7-9-11-13-14-15-16-17-18-19-20-21-23-25-27-31(35)30(29-34)33-32(36)28-26-24-22-12-10-8-6-4-2/h15-16,19-20,25,27,30-31,34-35H,3-14,17-18,21-24,26,28-29H2,1-2H3,(H,33,36)/b16-15+,20-19+,27-25+. The summed E-state index contributed by atoms with van der Waals surface area (Å²) in [4.78, 5) is 12.1. The predicted octanol–water partition coefficient (Wildman–Crippen LogP) is 8.33. The summed E-state index contributed by atoms with van der Waals surface area (Å²) < 4.78 is 0. The summed E-state index contributed by atoms with van der Waals surface area (Å²) in [5.41, 5.74) is 0. The van der Waals surface area contributed by atoms with E-state index in [4.69, 9.17) is 0 Å². The second-order valence-electron chi connectivity index (χ2n) is 10.2. The van der Waals surface area contributed by atoms with Gasteiger partial charge in [-0.3, -0.25) is 4.79 Å². The lowest BCUT2D eigenvalue weighted by Gasteiger charge is -2.19. The molecule has 0 aliphatic heterocycles. The van der Waals surface area contributed by atoms with Crippen molar-refractivity contribution in [2.24, 2.45) is 0 Å². The summed E-state index contributed by atoms with van der Waals surface area (Å²) in [6.45, 7) is 4.22. The number of allylic oxidation sites excluding steroid dienone is 5. The SMILES string of the molecule is CCCCCCCC/C=C/CC/C=C/CC/C=C/C(O)C(CO)NC(=O)CCCCCCCCCC. The van der Waals surface area contributed by atoms with Gasteiger partial charge in [0.15, 0.2) is 0 Å². The van der Waals surface area contributed by atoms with Crippen molar-refractivity contribution in [3.05, 3.63) is 36.5 Å². The molecule has 4 heteroatoms. The van der Waals surface area contributed by atoms with Gasteiger partial charge in [0.25, 0.3) is 0 Å². The minimum absolute atomic E-state index is 0.0866. The first-order chi connectivity index (χ1) is 17.7. The maximum absolute atomic E-state index is 12.1. The van der Waals surface area contributed by atoms with Crippen LogP contribution in [0.2, 0.25) is 0 Å². The summed E-state index contributed by atoms with van der Waals surface area (Å²) >= 11 is 0. The Morgan fingerprint density at radius 1 is 0.639 bits per heavy atom. The molecule has 0 aromatic rings. The van der Waals surface area contributed by atoms with Crippen molar-refractivity contribution in [3.63, 3.8) is 0 Å². The molecule has 0 fully saturated rings. The third-order valence-corrected chi connectivity index (χ3v) is 6.60. The van der Waals surface area contributed by atoms with Crippen LogP contribution in [0.15, 0.2) is 36.5 Å². The first-order valence-electron chi connectivity index (χ1n) is 15.2. The lowest BCUT2D eigenvalue weighted by molar-refractivity contribution is -0.123. The van der Waals surface area contributed by atoms with E-state index in [1.807, 2.05) is 6.08 Å². The molecule has 0 aromatic carbocycles. The molecule has 210 valence electrons. The molecule has 0 rings (SSSR count). The van der Waals surface area contributed by atoms with Gasteiger partial charge in [-0.25, -0.2) is 0 Å². The monoisotopic (exact) mass is 505 g/mol. The van der Waals surface area contributed by atoms with Crippen LogP contribution in [0.3, 0.4) is 0 Å². The molecule has 0 bridgehead atoms. The number of carbonyl (C=O) groups is 1. The van der Waals surface area contributed by atoms with Gasteiger partial charge in [0.05, 0.1) is 18.8 Å². The molecule has 0 aliphatic carbocycles. The molecular weight excluding hydrogens is 446 g/mol. The first kappa shape index (κ1) is 34.6. The Kier molecular flexibility index (Phi) is 27.1. The van der Waals surface area contributed by atoms with Gasteiger partial charge in [-0.2, -0.15) is 0 Å². The fourth-order valence-electron chi connectivity index (χ4n) is 4.21. The zero-order valence-corrected chi connectivity index (χ0v) is 23.8. The second-order valence-corrected chi connectivity index (χ2v) is 10.2. The number of aliphatic hydroxyl groups is 2. The smallest absolute Gasteiger partial charge is 0.220 e. The molecule has 1 amide bonds. The van der Waals surface area contributed by atoms with Gasteiger partial charge in [0.2, 0.25) is 5.91 Å². The van der Waals surface area contributed by atoms with Gasteiger partial charge in [0.1, 0.15) is 0 Å². The summed E-state index contributed by atoms with van der Waals surface area (Å²) in [7, 11) is 0. The van der Waals surface area contributed by atoms with Crippen molar-refractivity contribution >= 4 is 5.91 Å². The van der Waals surface area contributed by atoms with Crippen LogP contribution in [0.25, 0.3) is 0 Å². The van der Waals surface area contributed by atoms with E-state index in [1.54, 1.807) is 6.08 Å². The summed E-state index contributed by atoms with van der Waals surface area (Å²) in [5.74, 6) is -0.0866. The predicted molar refractivity (Wildman–Crippen MR) is 156 cm³/mol. The summed E-state index contributed by atoms with van der Waals surface area (Å²) in [6.07, 6.45) is 35.1. The fraction of sp³-hybridized carbons (Fsp3) is 0.781. The van der Waals surface area contributed by atoms with Crippen LogP contribution >= 0.6 is 0 Å². The quantitative estimate of drug-likeness (QED) is 0.0817. The molecule has 3 N–H and O–H groups in total. The van der Waals surface area contributed by atoms with Gasteiger partial charge >= 0.3 is 0 Å². The van der Waals surface area contributed by atoms with E-state index in [9.17, 15) is 15.0 Å². The molecule has 0 heterocycles. The van der Waals surface area contributed by atoms with Crippen LogP contribution in [0.1, 0.15) is 142 Å². The van der Waals surface area contributed by atoms with Crippen LogP contribution in [0.4, 0.5) is 0 Å². The van der Waals surface area contributed by atoms with Crippen molar-refractivity contribution in [1.82, 2.24) is 5.32 Å². The van der Waals surface area contributed by atoms with Crippen LogP contribution in [0, 0.1) is 0 Å². The Balaban J connectivity index is 3.78. The Hall–Kier alpha value is -1.39. The number of nitrogens with one attached hydrogen (secondary N) is 1. The fourth-order valence-corrected chi connectivity index (χ4v) is 4.21. The normalized spacial score (nSPS) is 13.8. The third-order valence-electron chi connectivity index (χ3n) is 6.60. The van der Waals surface area contributed by atoms with E-state index < -0.39 is 12.1 Å². The lowest BCUT2D eigenvalue weighted by Crippen LogP contribution is -2.45. The minimum Gasteiger partial charge on any atom is -0.394 e. The highest BCUT2D eigenvalue weighted by molar-refractivity contribution is 5.76. The molecule has 0 aromatic heterocycles. The van der Waals surface area contributed by atoms with Crippen molar-refractivity contribution in [3.8, 4) is 0 Å². The third kappa shape index (κ3) is 24.3. The molecule has 0 spiro atoms. The van der Waals surface area contributed by atoms with Crippen molar-refractivity contribution < 1.29 is 15.0 Å². The number of aliphatic hydroxyl groups excluding tert-OH is 2. The van der Waals surface area contributed by atoms with Crippen LogP contribution in [-0.2, 0) is 4.79 Å². The number of unbranched alkanes of at least 4 members (excludes halogenated alkanes) is 15. The zero-order valence-electron chi connectivity index (χ0n) is 23.8. The van der Waals surface area contributed by atoms with E-state index in [0.717, 1.165) is 38.5 Å². The Morgan fingerprint density at radius 2 is 1.08 bits per heavy atom. The molecule has 2 unspecified atom stereocenters. The largest absolute Gasteiger partial charge is 0.394 e. The van der Waals surface area contributed by atoms with E-state index in [-0.39, 0.29) is 12.5 Å². The molecule has 2 atom stereocenters. The number of hydrogen-bond donors (Lipinski definition) is 3. The molecular formula is C32H59NO3. The van der Waals surface area contributed by atoms with E-state index in [1.165, 1.54) is 83.5 Å². The summed E-state index contributed by atoms with van der Waals surface area (Å²) in [5, 5.41) is 22.6. The Bertz CT molecular complexity index is 556. The highest BCUT2D eigenvalue weighted by Crippen LogP contribution is 2.10. The lowest BCUT2D eigenvalue weighted by atomic mass is 10.1. The number of rotatable bonds is 26. The molecule has 0 aliphatic rings. The van der Waals surface area contributed by atoms with Gasteiger partial charge in [-0.1, -0.05) is 127 Å². The van der Waals surface area contributed by atoms with Crippen molar-refractivity contribution in [2.45, 2.75) is 154 Å². The average Bonchev–Trinajstić information content (AvgIpc) is 2.88. The summed E-state index contributed by atoms with van der Waals surface area (Å²) in [6, 6.07) is -0.638. The first-order valence-corrected chi connectivity index (χ1v) is 15.2. The van der Waals surface area contributed by atoms with Gasteiger partial charge in [-0.05, 0) is 44.9 Å². The van der Waals surface area contributed by atoms with Crippen LogP contribution < -0.4 is 5.32 Å². The topological polar surface area (TPSA) is 69.6 Å². The number of amides is 1. The average molecular weight is 506 g/mol. The van der Waals surface area contributed by atoms with E-state index >= 15 is 0 Å². The maximum atomic E-state index is 12.1. The van der Waals surface area contributed by atoms with Crippen molar-refractivity contribution in [1.29, 1.82) is 0 Å². The molecule has 0 saturated heterocycles.